The molecule has 4 rings (SSSR count). The Bertz CT molecular complexity index is 1130. The van der Waals surface area contributed by atoms with Crippen LogP contribution in [0.5, 0.6) is 0 Å². The van der Waals surface area contributed by atoms with Crippen LogP contribution in [-0.4, -0.2) is 71.3 Å². The molecule has 0 aliphatic carbocycles. The van der Waals surface area contributed by atoms with Gasteiger partial charge < -0.3 is 35.4 Å². The molecule has 4 amide bonds. The zero-order valence-corrected chi connectivity index (χ0v) is 18.4. The molecule has 2 aliphatic rings. The molecule has 2 heterocycles. The minimum atomic E-state index is -1.74. The topological polar surface area (TPSA) is 149 Å². The average molecular weight is 468 g/mol. The van der Waals surface area contributed by atoms with E-state index in [1.165, 1.54) is 4.90 Å². The number of aliphatic hydroxyl groups is 1. The Kier molecular flexibility index (Phi) is 6.48. The Labute approximate surface area is 194 Å². The number of carbonyl (C=O) groups excluding carboxylic acids is 3. The van der Waals surface area contributed by atoms with Crippen LogP contribution < -0.4 is 15.5 Å². The van der Waals surface area contributed by atoms with E-state index in [4.69, 9.17) is 9.84 Å². The van der Waals surface area contributed by atoms with Gasteiger partial charge in [-0.15, -0.1) is 0 Å². The number of rotatable bonds is 6. The number of anilines is 2. The van der Waals surface area contributed by atoms with Crippen molar-refractivity contribution in [2.45, 2.75) is 25.3 Å². The van der Waals surface area contributed by atoms with E-state index in [1.54, 1.807) is 54.4 Å². The van der Waals surface area contributed by atoms with Gasteiger partial charge in [-0.1, -0.05) is 12.1 Å². The number of nitrogens with zero attached hydrogens (tertiary/aromatic N) is 2. The van der Waals surface area contributed by atoms with Crippen molar-refractivity contribution >= 4 is 35.2 Å². The molecule has 0 bridgehead atoms. The summed E-state index contributed by atoms with van der Waals surface area (Å²) in [4.78, 5) is 51.3. The highest BCUT2D eigenvalue weighted by Gasteiger charge is 2.39. The lowest BCUT2D eigenvalue weighted by atomic mass is 10.1. The SMILES string of the molecule is CN1Cc2cc(N3CCO[C@H]([C@@H](O)C(=O)Nc4ccc(CNC(=O)O)cc4)C3=O)ccc2C1=O. The molecule has 0 unspecified atom stereocenters. The summed E-state index contributed by atoms with van der Waals surface area (Å²) in [7, 11) is 1.70. The van der Waals surface area contributed by atoms with Crippen LogP contribution in [0.2, 0.25) is 0 Å². The number of benzene rings is 2. The molecule has 2 atom stereocenters. The molecular weight excluding hydrogens is 444 g/mol. The summed E-state index contributed by atoms with van der Waals surface area (Å²) in [5.41, 5.74) is 3.02. The van der Waals surface area contributed by atoms with E-state index in [-0.39, 0.29) is 25.6 Å². The molecule has 2 aromatic rings. The Morgan fingerprint density at radius 1 is 1.18 bits per heavy atom. The fourth-order valence-corrected chi connectivity index (χ4v) is 3.95. The van der Waals surface area contributed by atoms with Crippen molar-refractivity contribution in [2.75, 3.05) is 30.4 Å². The van der Waals surface area contributed by atoms with E-state index in [2.05, 4.69) is 10.6 Å². The molecule has 1 fully saturated rings. The van der Waals surface area contributed by atoms with E-state index in [0.29, 0.717) is 29.0 Å². The van der Waals surface area contributed by atoms with Gasteiger partial charge in [-0.2, -0.15) is 0 Å². The van der Waals surface area contributed by atoms with Gasteiger partial charge in [-0.3, -0.25) is 14.4 Å². The molecule has 0 spiro atoms. The van der Waals surface area contributed by atoms with Crippen molar-refractivity contribution < 1.29 is 34.1 Å². The summed E-state index contributed by atoms with van der Waals surface area (Å²) < 4.78 is 5.43. The van der Waals surface area contributed by atoms with Crippen LogP contribution >= 0.6 is 0 Å². The Morgan fingerprint density at radius 2 is 1.91 bits per heavy atom. The minimum Gasteiger partial charge on any atom is -0.465 e. The van der Waals surface area contributed by atoms with Gasteiger partial charge >= 0.3 is 6.09 Å². The molecule has 0 aromatic heterocycles. The predicted octanol–water partition coefficient (Wildman–Crippen LogP) is 0.771. The fourth-order valence-electron chi connectivity index (χ4n) is 3.95. The number of hydrogen-bond donors (Lipinski definition) is 4. The standard InChI is InChI=1S/C23H24N4O7/c1-26-12-14-10-16(6-7-17(14)21(26)30)27-8-9-34-19(22(27)31)18(28)20(29)25-15-4-2-13(3-5-15)11-24-23(32)33/h2-7,10,18-19,24,28H,8-9,11-12H2,1H3,(H,25,29)(H,32,33)/t18-,19-/m1/s1. The summed E-state index contributed by atoms with van der Waals surface area (Å²) in [5, 5.41) is 24.0. The fraction of sp³-hybridized carbons (Fsp3) is 0.304. The Balaban J connectivity index is 1.41. The Hall–Kier alpha value is -3.96. The van der Waals surface area contributed by atoms with Gasteiger partial charge in [0, 0.05) is 43.6 Å². The molecule has 11 nitrogen and oxygen atoms in total. The minimum absolute atomic E-state index is 0.0778. The van der Waals surface area contributed by atoms with E-state index in [1.807, 2.05) is 0 Å². The predicted molar refractivity (Wildman–Crippen MR) is 120 cm³/mol. The first-order valence-electron chi connectivity index (χ1n) is 10.6. The van der Waals surface area contributed by atoms with Gasteiger partial charge in [-0.25, -0.2) is 4.79 Å². The number of carbonyl (C=O) groups is 4. The summed E-state index contributed by atoms with van der Waals surface area (Å²) in [5.74, 6) is -1.44. The van der Waals surface area contributed by atoms with Gasteiger partial charge in [0.25, 0.3) is 17.7 Å². The van der Waals surface area contributed by atoms with E-state index < -0.39 is 30.1 Å². The zero-order chi connectivity index (χ0) is 24.4. The third kappa shape index (κ3) is 4.70. The highest BCUT2D eigenvalue weighted by molar-refractivity contribution is 6.04. The quantitative estimate of drug-likeness (QED) is 0.489. The average Bonchev–Trinajstić information content (AvgIpc) is 3.11. The highest BCUT2D eigenvalue weighted by Crippen LogP contribution is 2.28. The lowest BCUT2D eigenvalue weighted by molar-refractivity contribution is -0.150. The van der Waals surface area contributed by atoms with Crippen LogP contribution in [0.1, 0.15) is 21.5 Å². The number of hydrogen-bond acceptors (Lipinski definition) is 6. The van der Waals surface area contributed by atoms with Crippen molar-refractivity contribution in [1.29, 1.82) is 0 Å². The van der Waals surface area contributed by atoms with Crippen LogP contribution in [0.15, 0.2) is 42.5 Å². The molecule has 2 aliphatic heterocycles. The van der Waals surface area contributed by atoms with Gasteiger partial charge in [0.1, 0.15) is 0 Å². The van der Waals surface area contributed by atoms with E-state index in [9.17, 15) is 24.3 Å². The lowest BCUT2D eigenvalue weighted by Crippen LogP contribution is -2.55. The second kappa shape index (κ2) is 9.49. The molecule has 0 saturated carbocycles. The van der Waals surface area contributed by atoms with Crippen LogP contribution in [-0.2, 0) is 27.4 Å². The Morgan fingerprint density at radius 3 is 2.62 bits per heavy atom. The van der Waals surface area contributed by atoms with Crippen molar-refractivity contribution in [1.82, 2.24) is 10.2 Å². The summed E-state index contributed by atoms with van der Waals surface area (Å²) in [6.45, 7) is 0.930. The monoisotopic (exact) mass is 468 g/mol. The molecule has 1 saturated heterocycles. The summed E-state index contributed by atoms with van der Waals surface area (Å²) in [6, 6.07) is 11.5. The third-order valence-corrected chi connectivity index (χ3v) is 5.73. The molecule has 34 heavy (non-hydrogen) atoms. The second-order valence-corrected chi connectivity index (χ2v) is 8.07. The van der Waals surface area contributed by atoms with Gasteiger partial charge in [0.05, 0.1) is 6.61 Å². The van der Waals surface area contributed by atoms with Gasteiger partial charge in [0.2, 0.25) is 0 Å². The molecule has 0 radical (unpaired) electrons. The van der Waals surface area contributed by atoms with Gasteiger partial charge in [0.15, 0.2) is 12.2 Å². The number of nitrogens with one attached hydrogen (secondary N) is 2. The van der Waals surface area contributed by atoms with Crippen LogP contribution in [0.3, 0.4) is 0 Å². The maximum atomic E-state index is 13.1. The first-order chi connectivity index (χ1) is 16.2. The smallest absolute Gasteiger partial charge is 0.404 e. The normalized spacial score (nSPS) is 18.5. The molecule has 178 valence electrons. The van der Waals surface area contributed by atoms with Crippen LogP contribution in [0, 0.1) is 0 Å². The number of carboxylic acid groups (broad SMARTS) is 1. The summed E-state index contributed by atoms with van der Waals surface area (Å²) >= 11 is 0. The maximum absolute atomic E-state index is 13.1. The van der Waals surface area contributed by atoms with Crippen molar-refractivity contribution in [3.05, 3.63) is 59.2 Å². The first-order valence-corrected chi connectivity index (χ1v) is 10.6. The lowest BCUT2D eigenvalue weighted by Gasteiger charge is -2.34. The van der Waals surface area contributed by atoms with Crippen LogP contribution in [0.4, 0.5) is 16.2 Å². The molecule has 4 N–H and O–H groups in total. The van der Waals surface area contributed by atoms with E-state index >= 15 is 0 Å². The number of ether oxygens (including phenoxy) is 1. The van der Waals surface area contributed by atoms with Crippen LogP contribution in [0.25, 0.3) is 0 Å². The number of amides is 4. The number of aliphatic hydroxyl groups excluding tert-OH is 1. The zero-order valence-electron chi connectivity index (χ0n) is 18.4. The summed E-state index contributed by atoms with van der Waals surface area (Å²) in [6.07, 6.45) is -4.27. The molecule has 11 heteroatoms. The van der Waals surface area contributed by atoms with Crippen molar-refractivity contribution in [3.8, 4) is 0 Å². The largest absolute Gasteiger partial charge is 0.465 e. The number of fused-ring (bicyclic) bond motifs is 1. The maximum Gasteiger partial charge on any atom is 0.404 e. The molecular formula is C23H24N4O7. The second-order valence-electron chi connectivity index (χ2n) is 8.07. The van der Waals surface area contributed by atoms with Crippen molar-refractivity contribution in [3.63, 3.8) is 0 Å². The highest BCUT2D eigenvalue weighted by atomic mass is 16.5. The first kappa shape index (κ1) is 23.2. The number of morpholine rings is 1. The van der Waals surface area contributed by atoms with E-state index in [0.717, 1.165) is 5.56 Å². The molecule has 2 aromatic carbocycles. The van der Waals surface area contributed by atoms with Gasteiger partial charge in [-0.05, 0) is 41.5 Å². The third-order valence-electron chi connectivity index (χ3n) is 5.73. The van der Waals surface area contributed by atoms with Crippen molar-refractivity contribution in [2.24, 2.45) is 0 Å².